The van der Waals surface area contributed by atoms with Gasteiger partial charge < -0.3 is 14.8 Å². The summed E-state index contributed by atoms with van der Waals surface area (Å²) in [5.74, 6) is 1.12. The number of methoxy groups -OCH3 is 1. The van der Waals surface area contributed by atoms with Gasteiger partial charge in [-0.2, -0.15) is 0 Å². The minimum absolute atomic E-state index is 0.207. The lowest BCUT2D eigenvalue weighted by molar-refractivity contribution is -0.148. The van der Waals surface area contributed by atoms with Gasteiger partial charge in [-0.15, -0.1) is 0 Å². The fraction of sp³-hybridized carbons (Fsp3) is 0.588. The molecule has 118 valence electrons. The van der Waals surface area contributed by atoms with Gasteiger partial charge in [0.1, 0.15) is 11.3 Å². The molecule has 0 aliphatic rings. The van der Waals surface area contributed by atoms with E-state index in [1.165, 1.54) is 0 Å². The van der Waals surface area contributed by atoms with Crippen molar-refractivity contribution in [1.82, 2.24) is 0 Å². The first-order valence-corrected chi connectivity index (χ1v) is 7.50. The molecule has 0 fully saturated rings. The van der Waals surface area contributed by atoms with E-state index in [0.29, 0.717) is 12.5 Å². The number of esters is 1. The predicted octanol–water partition coefficient (Wildman–Crippen LogP) is 3.87. The second-order valence-corrected chi connectivity index (χ2v) is 5.84. The summed E-state index contributed by atoms with van der Waals surface area (Å²) in [6, 6.07) is 7.56. The van der Waals surface area contributed by atoms with Gasteiger partial charge in [-0.05, 0) is 56.9 Å². The maximum atomic E-state index is 12.3. The molecule has 0 spiro atoms. The van der Waals surface area contributed by atoms with Crippen LogP contribution in [0.15, 0.2) is 24.3 Å². The average Bonchev–Trinajstić information content (AvgIpc) is 2.46. The summed E-state index contributed by atoms with van der Waals surface area (Å²) in [5, 5.41) is 3.32. The zero-order valence-corrected chi connectivity index (χ0v) is 13.7. The highest BCUT2D eigenvalue weighted by Gasteiger charge is 2.34. The fourth-order valence-electron chi connectivity index (χ4n) is 2.08. The Kier molecular flexibility index (Phi) is 6.53. The van der Waals surface area contributed by atoms with Crippen molar-refractivity contribution in [1.29, 1.82) is 0 Å². The number of ether oxygens (including phenoxy) is 2. The van der Waals surface area contributed by atoms with E-state index in [0.717, 1.165) is 24.3 Å². The van der Waals surface area contributed by atoms with Crippen molar-refractivity contribution in [3.63, 3.8) is 0 Å². The lowest BCUT2D eigenvalue weighted by Crippen LogP contribution is -2.45. The number of benzene rings is 1. The zero-order valence-electron chi connectivity index (χ0n) is 13.7. The van der Waals surface area contributed by atoms with Crippen molar-refractivity contribution in [2.75, 3.05) is 19.0 Å². The average molecular weight is 293 g/mol. The monoisotopic (exact) mass is 293 g/mol. The van der Waals surface area contributed by atoms with Crippen LogP contribution < -0.4 is 10.1 Å². The van der Waals surface area contributed by atoms with Crippen LogP contribution in [0.25, 0.3) is 0 Å². The Morgan fingerprint density at radius 2 is 1.90 bits per heavy atom. The minimum Gasteiger partial charge on any atom is -0.497 e. The van der Waals surface area contributed by atoms with Crippen molar-refractivity contribution in [3.8, 4) is 5.75 Å². The standard InChI is InChI=1S/C17H27NO3/c1-6-21-16(19)17(4,12-11-13(2)3)18-14-7-9-15(20-5)10-8-14/h7-10,13,18H,6,11-12H2,1-5H3. The first kappa shape index (κ1) is 17.3. The Morgan fingerprint density at radius 1 is 1.29 bits per heavy atom. The smallest absolute Gasteiger partial charge is 0.331 e. The third-order valence-electron chi connectivity index (χ3n) is 3.46. The summed E-state index contributed by atoms with van der Waals surface area (Å²) < 4.78 is 10.4. The van der Waals surface area contributed by atoms with Gasteiger partial charge in [-0.1, -0.05) is 13.8 Å². The summed E-state index contributed by atoms with van der Waals surface area (Å²) in [4.78, 5) is 12.3. The predicted molar refractivity (Wildman–Crippen MR) is 85.7 cm³/mol. The number of hydrogen-bond donors (Lipinski definition) is 1. The summed E-state index contributed by atoms with van der Waals surface area (Å²) in [6.45, 7) is 8.42. The minimum atomic E-state index is -0.713. The molecule has 0 heterocycles. The van der Waals surface area contributed by atoms with E-state index >= 15 is 0 Å². The second-order valence-electron chi connectivity index (χ2n) is 5.84. The number of carbonyl (C=O) groups excluding carboxylic acids is 1. The number of hydrogen-bond acceptors (Lipinski definition) is 4. The maximum Gasteiger partial charge on any atom is 0.331 e. The number of rotatable bonds is 8. The molecule has 0 amide bonds. The Morgan fingerprint density at radius 3 is 2.38 bits per heavy atom. The lowest BCUT2D eigenvalue weighted by atomic mass is 9.91. The molecule has 1 aromatic rings. The van der Waals surface area contributed by atoms with Crippen LogP contribution in [-0.2, 0) is 9.53 Å². The molecule has 0 bridgehead atoms. The molecule has 4 nitrogen and oxygen atoms in total. The van der Waals surface area contributed by atoms with Crippen LogP contribution in [0.3, 0.4) is 0 Å². The molecule has 0 saturated carbocycles. The summed E-state index contributed by atoms with van der Waals surface area (Å²) in [6.07, 6.45) is 1.69. The fourth-order valence-corrected chi connectivity index (χ4v) is 2.08. The second kappa shape index (κ2) is 7.91. The van der Waals surface area contributed by atoms with Crippen LogP contribution >= 0.6 is 0 Å². The molecule has 1 atom stereocenters. The van der Waals surface area contributed by atoms with Crippen molar-refractivity contribution in [2.45, 2.75) is 46.1 Å². The van der Waals surface area contributed by atoms with Gasteiger partial charge in [0.25, 0.3) is 0 Å². The Labute approximate surface area is 127 Å². The van der Waals surface area contributed by atoms with Crippen LogP contribution in [-0.4, -0.2) is 25.2 Å². The molecule has 1 N–H and O–H groups in total. The van der Waals surface area contributed by atoms with Crippen molar-refractivity contribution >= 4 is 11.7 Å². The summed E-state index contributed by atoms with van der Waals surface area (Å²) >= 11 is 0. The van der Waals surface area contributed by atoms with Gasteiger partial charge in [-0.3, -0.25) is 0 Å². The molecule has 1 rings (SSSR count). The Bertz CT molecular complexity index is 442. The van der Waals surface area contributed by atoms with E-state index in [4.69, 9.17) is 9.47 Å². The summed E-state index contributed by atoms with van der Waals surface area (Å²) in [5.41, 5.74) is 0.171. The Balaban J connectivity index is 2.86. The van der Waals surface area contributed by atoms with Gasteiger partial charge >= 0.3 is 5.97 Å². The first-order chi connectivity index (χ1) is 9.91. The van der Waals surface area contributed by atoms with Crippen LogP contribution in [0.1, 0.15) is 40.5 Å². The molecule has 1 unspecified atom stereocenters. The molecule has 1 aromatic carbocycles. The van der Waals surface area contributed by atoms with Gasteiger partial charge in [0.15, 0.2) is 0 Å². The molecule has 0 aromatic heterocycles. The van der Waals surface area contributed by atoms with Crippen LogP contribution in [0.5, 0.6) is 5.75 Å². The zero-order chi connectivity index (χ0) is 15.9. The molecular formula is C17H27NO3. The van der Waals surface area contributed by atoms with Crippen LogP contribution in [0.2, 0.25) is 0 Å². The number of nitrogens with one attached hydrogen (secondary N) is 1. The number of anilines is 1. The largest absolute Gasteiger partial charge is 0.497 e. The Hall–Kier alpha value is -1.71. The lowest BCUT2D eigenvalue weighted by Gasteiger charge is -2.30. The molecule has 0 aliphatic carbocycles. The highest BCUT2D eigenvalue weighted by molar-refractivity contribution is 5.84. The number of carbonyl (C=O) groups is 1. The van der Waals surface area contributed by atoms with Crippen molar-refractivity contribution in [2.24, 2.45) is 5.92 Å². The van der Waals surface area contributed by atoms with Gasteiger partial charge in [0.2, 0.25) is 0 Å². The molecular weight excluding hydrogens is 266 g/mol. The van der Waals surface area contributed by atoms with Crippen molar-refractivity contribution < 1.29 is 14.3 Å². The third kappa shape index (κ3) is 5.29. The van der Waals surface area contributed by atoms with Gasteiger partial charge in [-0.25, -0.2) is 4.79 Å². The highest BCUT2D eigenvalue weighted by atomic mass is 16.5. The molecule has 4 heteroatoms. The van der Waals surface area contributed by atoms with E-state index in [9.17, 15) is 4.79 Å². The topological polar surface area (TPSA) is 47.6 Å². The van der Waals surface area contributed by atoms with Gasteiger partial charge in [0.05, 0.1) is 13.7 Å². The quantitative estimate of drug-likeness (QED) is 0.739. The van der Waals surface area contributed by atoms with E-state index in [1.807, 2.05) is 38.1 Å². The summed E-state index contributed by atoms with van der Waals surface area (Å²) in [7, 11) is 1.63. The van der Waals surface area contributed by atoms with E-state index in [-0.39, 0.29) is 5.97 Å². The van der Waals surface area contributed by atoms with E-state index < -0.39 is 5.54 Å². The molecule has 21 heavy (non-hydrogen) atoms. The normalized spacial score (nSPS) is 13.6. The van der Waals surface area contributed by atoms with Crippen LogP contribution in [0, 0.1) is 5.92 Å². The molecule has 0 saturated heterocycles. The first-order valence-electron chi connectivity index (χ1n) is 7.50. The highest BCUT2D eigenvalue weighted by Crippen LogP contribution is 2.25. The van der Waals surface area contributed by atoms with Crippen LogP contribution in [0.4, 0.5) is 5.69 Å². The van der Waals surface area contributed by atoms with E-state index in [2.05, 4.69) is 19.2 Å². The maximum absolute atomic E-state index is 12.3. The third-order valence-corrected chi connectivity index (χ3v) is 3.46. The SMILES string of the molecule is CCOC(=O)C(C)(CCC(C)C)Nc1ccc(OC)cc1. The van der Waals surface area contributed by atoms with E-state index in [1.54, 1.807) is 7.11 Å². The van der Waals surface area contributed by atoms with Gasteiger partial charge in [0, 0.05) is 5.69 Å². The molecule has 0 aliphatic heterocycles. The molecule has 0 radical (unpaired) electrons. The van der Waals surface area contributed by atoms with Crippen molar-refractivity contribution in [3.05, 3.63) is 24.3 Å².